The van der Waals surface area contributed by atoms with Crippen LogP contribution in [0.3, 0.4) is 0 Å². The minimum atomic E-state index is -0.167. The highest BCUT2D eigenvalue weighted by Gasteiger charge is 2.18. The fourth-order valence-corrected chi connectivity index (χ4v) is 3.51. The number of rotatable bonds is 4. The Hall–Kier alpha value is -3.05. The molecule has 0 aliphatic carbocycles. The summed E-state index contributed by atoms with van der Waals surface area (Å²) in [5.74, 6) is 0.862. The Kier molecular flexibility index (Phi) is 5.44. The van der Waals surface area contributed by atoms with Crippen molar-refractivity contribution >= 4 is 34.7 Å². The summed E-state index contributed by atoms with van der Waals surface area (Å²) in [6.07, 6.45) is 1.83. The lowest BCUT2D eigenvalue weighted by molar-refractivity contribution is 0.102. The zero-order valence-corrected chi connectivity index (χ0v) is 16.1. The molecule has 1 aromatic heterocycles. The number of nitrogens with one attached hydrogen (secondary N) is 1. The lowest BCUT2D eigenvalue weighted by Gasteiger charge is -2.36. The standard InChI is InChI=1S/C22H21ClN4O/c23-18-5-3-4-17(16-18)22(28)25-19-7-9-20(10-8-19)26-12-14-27(15-13-26)21-6-1-2-11-24-21/h1-11,16H,12-15H2,(H,25,28). The number of hydrogen-bond donors (Lipinski definition) is 1. The summed E-state index contributed by atoms with van der Waals surface area (Å²) in [5, 5.41) is 3.46. The Morgan fingerprint density at radius 3 is 2.32 bits per heavy atom. The van der Waals surface area contributed by atoms with Crippen LogP contribution in [-0.2, 0) is 0 Å². The number of aromatic nitrogens is 1. The maximum atomic E-state index is 12.3. The smallest absolute Gasteiger partial charge is 0.255 e. The zero-order valence-electron chi connectivity index (χ0n) is 15.4. The molecule has 0 atom stereocenters. The lowest BCUT2D eigenvalue weighted by Crippen LogP contribution is -2.46. The van der Waals surface area contributed by atoms with Gasteiger partial charge in [-0.05, 0) is 54.6 Å². The molecule has 0 unspecified atom stereocenters. The average Bonchev–Trinajstić information content (AvgIpc) is 2.75. The highest BCUT2D eigenvalue weighted by atomic mass is 35.5. The fraction of sp³-hybridized carbons (Fsp3) is 0.182. The third kappa shape index (κ3) is 4.26. The Bertz CT molecular complexity index is 938. The van der Waals surface area contributed by atoms with Gasteiger partial charge in [-0.3, -0.25) is 4.79 Å². The molecule has 1 saturated heterocycles. The van der Waals surface area contributed by atoms with Crippen molar-refractivity contribution in [2.75, 3.05) is 41.3 Å². The molecule has 0 bridgehead atoms. The van der Waals surface area contributed by atoms with Crippen LogP contribution in [0.2, 0.25) is 5.02 Å². The quantitative estimate of drug-likeness (QED) is 0.718. The maximum absolute atomic E-state index is 12.3. The summed E-state index contributed by atoms with van der Waals surface area (Å²) < 4.78 is 0. The summed E-state index contributed by atoms with van der Waals surface area (Å²) in [5.41, 5.74) is 2.46. The highest BCUT2D eigenvalue weighted by molar-refractivity contribution is 6.31. The number of benzene rings is 2. The minimum absolute atomic E-state index is 0.167. The van der Waals surface area contributed by atoms with E-state index in [9.17, 15) is 4.79 Å². The van der Waals surface area contributed by atoms with Crippen molar-refractivity contribution in [3.8, 4) is 0 Å². The van der Waals surface area contributed by atoms with Gasteiger partial charge in [0, 0.05) is 54.3 Å². The summed E-state index contributed by atoms with van der Waals surface area (Å²) in [6.45, 7) is 3.74. The second kappa shape index (κ2) is 8.31. The van der Waals surface area contributed by atoms with Crippen molar-refractivity contribution in [3.63, 3.8) is 0 Å². The number of halogens is 1. The lowest BCUT2D eigenvalue weighted by atomic mass is 10.2. The third-order valence-electron chi connectivity index (χ3n) is 4.83. The SMILES string of the molecule is O=C(Nc1ccc(N2CCN(c3ccccn3)CC2)cc1)c1cccc(Cl)c1. The first-order valence-corrected chi connectivity index (χ1v) is 9.65. The van der Waals surface area contributed by atoms with E-state index in [2.05, 4.69) is 20.1 Å². The molecule has 1 amide bonds. The van der Waals surface area contributed by atoms with Crippen LogP contribution in [0.4, 0.5) is 17.2 Å². The summed E-state index contributed by atoms with van der Waals surface area (Å²) in [4.78, 5) is 21.4. The van der Waals surface area contributed by atoms with Gasteiger partial charge in [0.05, 0.1) is 0 Å². The van der Waals surface area contributed by atoms with Crippen LogP contribution in [0.25, 0.3) is 0 Å². The van der Waals surface area contributed by atoms with E-state index < -0.39 is 0 Å². The average molecular weight is 393 g/mol. The largest absolute Gasteiger partial charge is 0.368 e. The Labute approximate surface area is 169 Å². The molecule has 4 rings (SSSR count). The predicted molar refractivity (Wildman–Crippen MR) is 115 cm³/mol. The van der Waals surface area contributed by atoms with E-state index >= 15 is 0 Å². The molecule has 3 aromatic rings. The van der Waals surface area contributed by atoms with Gasteiger partial charge in [-0.1, -0.05) is 23.7 Å². The van der Waals surface area contributed by atoms with Gasteiger partial charge in [0.15, 0.2) is 0 Å². The molecule has 28 heavy (non-hydrogen) atoms. The minimum Gasteiger partial charge on any atom is -0.368 e. The van der Waals surface area contributed by atoms with Crippen LogP contribution in [-0.4, -0.2) is 37.1 Å². The van der Waals surface area contributed by atoms with E-state index in [1.165, 1.54) is 0 Å². The molecule has 5 nitrogen and oxygen atoms in total. The molecule has 2 heterocycles. The topological polar surface area (TPSA) is 48.5 Å². The normalized spacial score (nSPS) is 14.0. The van der Waals surface area contributed by atoms with E-state index in [1.807, 2.05) is 48.7 Å². The van der Waals surface area contributed by atoms with Crippen LogP contribution in [0, 0.1) is 0 Å². The molecule has 0 spiro atoms. The molecule has 6 heteroatoms. The molecule has 142 valence electrons. The number of hydrogen-bond acceptors (Lipinski definition) is 4. The molecule has 1 aliphatic heterocycles. The molecule has 1 N–H and O–H groups in total. The van der Waals surface area contributed by atoms with Crippen molar-refractivity contribution < 1.29 is 4.79 Å². The molecule has 0 saturated carbocycles. The van der Waals surface area contributed by atoms with E-state index in [4.69, 9.17) is 11.6 Å². The summed E-state index contributed by atoms with van der Waals surface area (Å²) in [6, 6.07) is 20.9. The van der Waals surface area contributed by atoms with Crippen LogP contribution >= 0.6 is 11.6 Å². The van der Waals surface area contributed by atoms with Crippen LogP contribution < -0.4 is 15.1 Å². The monoisotopic (exact) mass is 392 g/mol. The first kappa shape index (κ1) is 18.3. The van der Waals surface area contributed by atoms with Crippen LogP contribution in [0.15, 0.2) is 72.9 Å². The fourth-order valence-electron chi connectivity index (χ4n) is 3.32. The van der Waals surface area contributed by atoms with E-state index in [0.717, 1.165) is 43.4 Å². The molecule has 2 aromatic carbocycles. The Morgan fingerprint density at radius 2 is 1.64 bits per heavy atom. The number of nitrogens with zero attached hydrogens (tertiary/aromatic N) is 3. The number of anilines is 3. The first-order chi connectivity index (χ1) is 13.7. The summed E-state index contributed by atoms with van der Waals surface area (Å²) in [7, 11) is 0. The maximum Gasteiger partial charge on any atom is 0.255 e. The number of pyridine rings is 1. The third-order valence-corrected chi connectivity index (χ3v) is 5.07. The van der Waals surface area contributed by atoms with Crippen molar-refractivity contribution in [2.24, 2.45) is 0 Å². The number of piperazine rings is 1. The van der Waals surface area contributed by atoms with E-state index in [0.29, 0.717) is 10.6 Å². The van der Waals surface area contributed by atoms with E-state index in [1.54, 1.807) is 24.3 Å². The first-order valence-electron chi connectivity index (χ1n) is 9.27. The van der Waals surface area contributed by atoms with Gasteiger partial charge >= 0.3 is 0 Å². The van der Waals surface area contributed by atoms with Gasteiger partial charge in [-0.2, -0.15) is 0 Å². The molecular weight excluding hydrogens is 372 g/mol. The second-order valence-electron chi connectivity index (χ2n) is 6.67. The van der Waals surface area contributed by atoms with Crippen molar-refractivity contribution in [1.82, 2.24) is 4.98 Å². The van der Waals surface area contributed by atoms with Gasteiger partial charge in [0.1, 0.15) is 5.82 Å². The number of carbonyl (C=O) groups excluding carboxylic acids is 1. The zero-order chi connectivity index (χ0) is 19.3. The van der Waals surface area contributed by atoms with Gasteiger partial charge in [-0.15, -0.1) is 0 Å². The van der Waals surface area contributed by atoms with E-state index in [-0.39, 0.29) is 5.91 Å². The Balaban J connectivity index is 1.35. The van der Waals surface area contributed by atoms with Crippen molar-refractivity contribution in [1.29, 1.82) is 0 Å². The van der Waals surface area contributed by atoms with Crippen LogP contribution in [0.5, 0.6) is 0 Å². The van der Waals surface area contributed by atoms with Gasteiger partial charge in [-0.25, -0.2) is 4.98 Å². The summed E-state index contributed by atoms with van der Waals surface area (Å²) >= 11 is 5.96. The van der Waals surface area contributed by atoms with Gasteiger partial charge in [0.25, 0.3) is 5.91 Å². The molecule has 1 fully saturated rings. The second-order valence-corrected chi connectivity index (χ2v) is 7.11. The molecule has 0 radical (unpaired) electrons. The van der Waals surface area contributed by atoms with Gasteiger partial charge < -0.3 is 15.1 Å². The number of amides is 1. The van der Waals surface area contributed by atoms with Crippen molar-refractivity contribution in [2.45, 2.75) is 0 Å². The Morgan fingerprint density at radius 1 is 0.893 bits per heavy atom. The predicted octanol–water partition coefficient (Wildman–Crippen LogP) is 4.31. The highest BCUT2D eigenvalue weighted by Crippen LogP contribution is 2.22. The number of carbonyl (C=O) groups is 1. The molecular formula is C22H21ClN4O. The van der Waals surface area contributed by atoms with Gasteiger partial charge in [0.2, 0.25) is 0 Å². The van der Waals surface area contributed by atoms with Crippen molar-refractivity contribution in [3.05, 3.63) is 83.5 Å². The molecule has 1 aliphatic rings. The van der Waals surface area contributed by atoms with Crippen LogP contribution in [0.1, 0.15) is 10.4 Å².